The highest BCUT2D eigenvalue weighted by molar-refractivity contribution is 5.86. The van der Waals surface area contributed by atoms with E-state index in [1.165, 1.54) is 0 Å². The number of hydrogen-bond donors (Lipinski definition) is 0. The molecule has 0 aromatic carbocycles. The second kappa shape index (κ2) is 4.21. The summed E-state index contributed by atoms with van der Waals surface area (Å²) in [6.45, 7) is 14.8. The van der Waals surface area contributed by atoms with Crippen LogP contribution in [0.4, 0.5) is 0 Å². The fourth-order valence-electron chi connectivity index (χ4n) is 1.93. The predicted molar refractivity (Wildman–Crippen MR) is 64.7 cm³/mol. The van der Waals surface area contributed by atoms with E-state index in [0.29, 0.717) is 5.57 Å². The lowest BCUT2D eigenvalue weighted by molar-refractivity contribution is -0.244. The standard InChI is InChI=1S/C13H23NO2/c1-10(2)11(15)16-14-9-7-8-12(3,4)13(14,5)6/h1,7-9H2,2-6H3. The molecule has 0 atom stereocenters. The molecular formula is C13H23NO2. The average Bonchev–Trinajstić information content (AvgIpc) is 2.13. The molecule has 1 saturated heterocycles. The highest BCUT2D eigenvalue weighted by Crippen LogP contribution is 2.43. The summed E-state index contributed by atoms with van der Waals surface area (Å²) in [4.78, 5) is 16.9. The number of carbonyl (C=O) groups excluding carboxylic acids is 1. The van der Waals surface area contributed by atoms with Crippen molar-refractivity contribution >= 4 is 5.97 Å². The van der Waals surface area contributed by atoms with E-state index in [1.54, 1.807) is 6.92 Å². The van der Waals surface area contributed by atoms with Gasteiger partial charge in [-0.3, -0.25) is 0 Å². The van der Waals surface area contributed by atoms with Crippen molar-refractivity contribution in [3.63, 3.8) is 0 Å². The van der Waals surface area contributed by atoms with E-state index in [-0.39, 0.29) is 16.9 Å². The molecule has 0 unspecified atom stereocenters. The van der Waals surface area contributed by atoms with E-state index >= 15 is 0 Å². The SMILES string of the molecule is C=C(C)C(=O)ON1CCCC(C)(C)C1(C)C. The van der Waals surface area contributed by atoms with Gasteiger partial charge in [0, 0.05) is 12.1 Å². The first-order valence-corrected chi connectivity index (χ1v) is 5.84. The Kier molecular flexibility index (Phi) is 3.48. The van der Waals surface area contributed by atoms with Crippen LogP contribution in [0.2, 0.25) is 0 Å². The molecule has 1 aliphatic rings. The van der Waals surface area contributed by atoms with Gasteiger partial charge >= 0.3 is 5.97 Å². The zero-order valence-corrected chi connectivity index (χ0v) is 11.1. The maximum absolute atomic E-state index is 11.5. The largest absolute Gasteiger partial charge is 0.364 e. The average molecular weight is 225 g/mol. The zero-order valence-electron chi connectivity index (χ0n) is 11.1. The second-order valence-electron chi connectivity index (χ2n) is 5.81. The maximum Gasteiger partial charge on any atom is 0.352 e. The monoisotopic (exact) mass is 225 g/mol. The number of carbonyl (C=O) groups is 1. The predicted octanol–water partition coefficient (Wildman–Crippen LogP) is 2.92. The lowest BCUT2D eigenvalue weighted by Crippen LogP contribution is -2.57. The van der Waals surface area contributed by atoms with Crippen molar-refractivity contribution in [1.29, 1.82) is 0 Å². The maximum atomic E-state index is 11.5. The summed E-state index contributed by atoms with van der Waals surface area (Å²) < 4.78 is 0. The van der Waals surface area contributed by atoms with Crippen molar-refractivity contribution < 1.29 is 9.63 Å². The Bertz CT molecular complexity index is 305. The highest BCUT2D eigenvalue weighted by atomic mass is 16.7. The summed E-state index contributed by atoms with van der Waals surface area (Å²) in [5.74, 6) is -0.328. The molecule has 0 aromatic rings. The third kappa shape index (κ3) is 2.29. The lowest BCUT2D eigenvalue weighted by atomic mass is 9.69. The minimum Gasteiger partial charge on any atom is -0.364 e. The van der Waals surface area contributed by atoms with Gasteiger partial charge in [-0.2, -0.15) is 0 Å². The number of hydroxylamine groups is 2. The van der Waals surface area contributed by atoms with Crippen molar-refractivity contribution in [3.8, 4) is 0 Å². The Hall–Kier alpha value is -0.830. The van der Waals surface area contributed by atoms with Crippen molar-refractivity contribution in [2.75, 3.05) is 6.54 Å². The minimum absolute atomic E-state index is 0.139. The third-order valence-electron chi connectivity index (χ3n) is 3.98. The van der Waals surface area contributed by atoms with E-state index in [1.807, 2.05) is 5.06 Å². The van der Waals surface area contributed by atoms with Crippen LogP contribution in [0.3, 0.4) is 0 Å². The van der Waals surface area contributed by atoms with Gasteiger partial charge in [-0.1, -0.05) is 20.4 Å². The van der Waals surface area contributed by atoms with Crippen LogP contribution < -0.4 is 0 Å². The van der Waals surface area contributed by atoms with Crippen LogP contribution in [-0.4, -0.2) is 23.1 Å². The molecule has 3 heteroatoms. The molecule has 16 heavy (non-hydrogen) atoms. The summed E-state index contributed by atoms with van der Waals surface area (Å²) in [6, 6.07) is 0. The Morgan fingerprint density at radius 3 is 2.38 bits per heavy atom. The number of rotatable bonds is 2. The molecule has 0 radical (unpaired) electrons. The normalized spacial score (nSPS) is 23.8. The van der Waals surface area contributed by atoms with Gasteiger partial charge in [-0.05, 0) is 39.0 Å². The van der Waals surface area contributed by atoms with Crippen molar-refractivity contribution in [1.82, 2.24) is 5.06 Å². The second-order valence-corrected chi connectivity index (χ2v) is 5.81. The van der Waals surface area contributed by atoms with Gasteiger partial charge in [0.15, 0.2) is 0 Å². The zero-order chi connectivity index (χ0) is 12.6. The minimum atomic E-state index is -0.328. The Morgan fingerprint density at radius 1 is 1.31 bits per heavy atom. The molecule has 3 nitrogen and oxygen atoms in total. The number of nitrogens with zero attached hydrogens (tertiary/aromatic N) is 1. The first kappa shape index (κ1) is 13.2. The molecule has 0 N–H and O–H groups in total. The Balaban J connectivity index is 2.80. The summed E-state index contributed by atoms with van der Waals surface area (Å²) in [7, 11) is 0. The highest BCUT2D eigenvalue weighted by Gasteiger charge is 2.46. The van der Waals surface area contributed by atoms with Crippen LogP contribution in [-0.2, 0) is 9.63 Å². The number of piperidine rings is 1. The van der Waals surface area contributed by atoms with Gasteiger partial charge in [-0.15, -0.1) is 5.06 Å². The molecule has 1 fully saturated rings. The first-order valence-electron chi connectivity index (χ1n) is 5.84. The van der Waals surface area contributed by atoms with Crippen molar-refractivity contribution in [3.05, 3.63) is 12.2 Å². The molecule has 0 aromatic heterocycles. The molecule has 0 bridgehead atoms. The van der Waals surface area contributed by atoms with Crippen molar-refractivity contribution in [2.24, 2.45) is 5.41 Å². The molecule has 92 valence electrons. The van der Waals surface area contributed by atoms with E-state index in [0.717, 1.165) is 19.4 Å². The molecule has 1 heterocycles. The van der Waals surface area contributed by atoms with Gasteiger partial charge in [0.25, 0.3) is 0 Å². The smallest absolute Gasteiger partial charge is 0.352 e. The van der Waals surface area contributed by atoms with Crippen LogP contribution in [0.15, 0.2) is 12.2 Å². The van der Waals surface area contributed by atoms with Gasteiger partial charge in [0.1, 0.15) is 0 Å². The third-order valence-corrected chi connectivity index (χ3v) is 3.98. The van der Waals surface area contributed by atoms with Gasteiger partial charge in [-0.25, -0.2) is 4.79 Å². The molecule has 0 amide bonds. The van der Waals surface area contributed by atoms with Crippen molar-refractivity contribution in [2.45, 2.75) is 53.0 Å². The Labute approximate surface area is 98.4 Å². The molecule has 0 aliphatic carbocycles. The summed E-state index contributed by atoms with van der Waals surface area (Å²) in [6.07, 6.45) is 2.21. The topological polar surface area (TPSA) is 29.5 Å². The molecule has 1 rings (SSSR count). The van der Waals surface area contributed by atoms with Gasteiger partial charge < -0.3 is 4.84 Å². The Morgan fingerprint density at radius 2 is 1.88 bits per heavy atom. The van der Waals surface area contributed by atoms with Gasteiger partial charge in [0.05, 0.1) is 5.54 Å². The van der Waals surface area contributed by atoms with E-state index < -0.39 is 0 Å². The summed E-state index contributed by atoms with van der Waals surface area (Å²) in [5, 5.41) is 1.81. The van der Waals surface area contributed by atoms with Crippen LogP contribution in [0.5, 0.6) is 0 Å². The quantitative estimate of drug-likeness (QED) is 0.677. The fourth-order valence-corrected chi connectivity index (χ4v) is 1.93. The lowest BCUT2D eigenvalue weighted by Gasteiger charge is -2.51. The molecular weight excluding hydrogens is 202 g/mol. The van der Waals surface area contributed by atoms with Crippen LogP contribution in [0.25, 0.3) is 0 Å². The van der Waals surface area contributed by atoms with Crippen LogP contribution in [0.1, 0.15) is 47.5 Å². The summed E-state index contributed by atoms with van der Waals surface area (Å²) >= 11 is 0. The van der Waals surface area contributed by atoms with E-state index in [2.05, 4.69) is 34.3 Å². The molecule has 0 saturated carbocycles. The van der Waals surface area contributed by atoms with Crippen LogP contribution in [0, 0.1) is 5.41 Å². The van der Waals surface area contributed by atoms with Gasteiger partial charge in [0.2, 0.25) is 0 Å². The number of hydrogen-bond acceptors (Lipinski definition) is 3. The summed E-state index contributed by atoms with van der Waals surface area (Å²) in [5.41, 5.74) is 0.441. The molecule has 0 spiro atoms. The molecule has 1 aliphatic heterocycles. The van der Waals surface area contributed by atoms with Crippen LogP contribution >= 0.6 is 0 Å². The fraction of sp³-hybridized carbons (Fsp3) is 0.769. The van der Waals surface area contributed by atoms with E-state index in [4.69, 9.17) is 4.84 Å². The first-order chi connectivity index (χ1) is 7.18. The van der Waals surface area contributed by atoms with E-state index in [9.17, 15) is 4.79 Å².